The summed E-state index contributed by atoms with van der Waals surface area (Å²) in [5, 5.41) is 9.12. The SMILES string of the molecule is Cc1nc(NC(=O)C2(C)CCCO2)n[nH]1. The van der Waals surface area contributed by atoms with Gasteiger partial charge in [-0.25, -0.2) is 0 Å². The molecule has 15 heavy (non-hydrogen) atoms. The molecular weight excluding hydrogens is 196 g/mol. The molecule has 0 aliphatic carbocycles. The number of anilines is 1. The lowest BCUT2D eigenvalue weighted by molar-refractivity contribution is -0.133. The molecule has 1 fully saturated rings. The minimum atomic E-state index is -0.728. The number of aromatic amines is 1. The Morgan fingerprint density at radius 1 is 1.67 bits per heavy atom. The third-order valence-electron chi connectivity index (χ3n) is 2.52. The fourth-order valence-electron chi connectivity index (χ4n) is 1.59. The van der Waals surface area contributed by atoms with E-state index in [0.29, 0.717) is 18.4 Å². The molecule has 1 aliphatic heterocycles. The highest BCUT2D eigenvalue weighted by Crippen LogP contribution is 2.25. The molecule has 1 aromatic rings. The molecule has 0 radical (unpaired) electrons. The zero-order valence-corrected chi connectivity index (χ0v) is 8.83. The Morgan fingerprint density at radius 2 is 2.47 bits per heavy atom. The number of nitrogens with zero attached hydrogens (tertiary/aromatic N) is 2. The number of carbonyl (C=O) groups is 1. The minimum Gasteiger partial charge on any atom is -0.365 e. The summed E-state index contributed by atoms with van der Waals surface area (Å²) in [5.41, 5.74) is -0.728. The third kappa shape index (κ3) is 1.99. The van der Waals surface area contributed by atoms with Crippen LogP contribution in [0.15, 0.2) is 0 Å². The van der Waals surface area contributed by atoms with E-state index in [4.69, 9.17) is 4.74 Å². The van der Waals surface area contributed by atoms with Crippen LogP contribution in [0, 0.1) is 6.92 Å². The average molecular weight is 210 g/mol. The Kier molecular flexibility index (Phi) is 2.44. The van der Waals surface area contributed by atoms with Gasteiger partial charge in [0.05, 0.1) is 0 Å². The Balaban J connectivity index is 2.03. The van der Waals surface area contributed by atoms with Gasteiger partial charge >= 0.3 is 0 Å². The topological polar surface area (TPSA) is 79.9 Å². The fraction of sp³-hybridized carbons (Fsp3) is 0.667. The van der Waals surface area contributed by atoms with Gasteiger partial charge in [-0.1, -0.05) is 0 Å². The molecule has 1 amide bonds. The van der Waals surface area contributed by atoms with Crippen LogP contribution in [0.4, 0.5) is 5.95 Å². The molecule has 1 aromatic heterocycles. The molecule has 1 atom stereocenters. The van der Waals surface area contributed by atoms with Gasteiger partial charge in [-0.3, -0.25) is 15.2 Å². The Hall–Kier alpha value is -1.43. The number of amides is 1. The monoisotopic (exact) mass is 210 g/mol. The predicted octanol–water partition coefficient (Wildman–Crippen LogP) is 0.621. The smallest absolute Gasteiger partial charge is 0.258 e. The van der Waals surface area contributed by atoms with E-state index in [2.05, 4.69) is 20.5 Å². The summed E-state index contributed by atoms with van der Waals surface area (Å²) in [4.78, 5) is 15.8. The maximum absolute atomic E-state index is 11.8. The lowest BCUT2D eigenvalue weighted by Crippen LogP contribution is -2.39. The molecule has 1 aliphatic rings. The third-order valence-corrected chi connectivity index (χ3v) is 2.52. The van der Waals surface area contributed by atoms with E-state index in [1.54, 1.807) is 13.8 Å². The minimum absolute atomic E-state index is 0.181. The summed E-state index contributed by atoms with van der Waals surface area (Å²) in [6.07, 6.45) is 1.65. The molecule has 6 nitrogen and oxygen atoms in total. The summed E-state index contributed by atoms with van der Waals surface area (Å²) in [6, 6.07) is 0. The number of rotatable bonds is 2. The Bertz CT molecular complexity index is 368. The number of ether oxygens (including phenoxy) is 1. The van der Waals surface area contributed by atoms with E-state index >= 15 is 0 Å². The first-order valence-corrected chi connectivity index (χ1v) is 4.94. The van der Waals surface area contributed by atoms with Crippen molar-refractivity contribution in [3.8, 4) is 0 Å². The van der Waals surface area contributed by atoms with Crippen LogP contribution in [0.1, 0.15) is 25.6 Å². The zero-order chi connectivity index (χ0) is 10.9. The second-order valence-corrected chi connectivity index (χ2v) is 3.88. The zero-order valence-electron chi connectivity index (χ0n) is 8.83. The summed E-state index contributed by atoms with van der Waals surface area (Å²) in [7, 11) is 0. The van der Waals surface area contributed by atoms with E-state index < -0.39 is 5.60 Å². The molecule has 0 spiro atoms. The van der Waals surface area contributed by atoms with Gasteiger partial charge in [-0.15, -0.1) is 5.10 Å². The van der Waals surface area contributed by atoms with Crippen LogP contribution >= 0.6 is 0 Å². The summed E-state index contributed by atoms with van der Waals surface area (Å²) in [5.74, 6) is 0.788. The molecule has 1 unspecified atom stereocenters. The van der Waals surface area contributed by atoms with Crippen molar-refractivity contribution in [2.24, 2.45) is 0 Å². The summed E-state index contributed by atoms with van der Waals surface area (Å²) < 4.78 is 5.40. The number of carbonyl (C=O) groups excluding carboxylic acids is 1. The highest BCUT2D eigenvalue weighted by Gasteiger charge is 2.38. The Morgan fingerprint density at radius 3 is 3.00 bits per heavy atom. The first-order chi connectivity index (χ1) is 7.10. The second kappa shape index (κ2) is 3.62. The maximum atomic E-state index is 11.8. The maximum Gasteiger partial charge on any atom is 0.258 e. The Labute approximate surface area is 87.4 Å². The van der Waals surface area contributed by atoms with Gasteiger partial charge < -0.3 is 4.74 Å². The highest BCUT2D eigenvalue weighted by molar-refractivity contribution is 5.95. The van der Waals surface area contributed by atoms with Crippen LogP contribution in [0.2, 0.25) is 0 Å². The first kappa shape index (κ1) is 10.1. The standard InChI is InChI=1S/C9H14N4O2/c1-6-10-8(13-12-6)11-7(14)9(2)4-3-5-15-9/h3-5H2,1-2H3,(H2,10,11,12,13,14). The first-order valence-electron chi connectivity index (χ1n) is 4.94. The van der Waals surface area contributed by atoms with Crippen molar-refractivity contribution in [1.29, 1.82) is 0 Å². The van der Waals surface area contributed by atoms with Crippen molar-refractivity contribution in [3.05, 3.63) is 5.82 Å². The molecule has 0 saturated carbocycles. The van der Waals surface area contributed by atoms with Crippen molar-refractivity contribution in [3.63, 3.8) is 0 Å². The number of aryl methyl sites for hydroxylation is 1. The average Bonchev–Trinajstić information content (AvgIpc) is 2.76. The van der Waals surface area contributed by atoms with E-state index in [1.807, 2.05) is 0 Å². The number of aromatic nitrogens is 3. The number of hydrogen-bond donors (Lipinski definition) is 2. The van der Waals surface area contributed by atoms with Gasteiger partial charge in [-0.2, -0.15) is 4.98 Å². The van der Waals surface area contributed by atoms with Crippen molar-refractivity contribution in [2.75, 3.05) is 11.9 Å². The van der Waals surface area contributed by atoms with Crippen LogP contribution in [0.5, 0.6) is 0 Å². The van der Waals surface area contributed by atoms with Gasteiger partial charge in [0.1, 0.15) is 11.4 Å². The second-order valence-electron chi connectivity index (χ2n) is 3.88. The van der Waals surface area contributed by atoms with Gasteiger partial charge in [0, 0.05) is 6.61 Å². The number of nitrogens with one attached hydrogen (secondary N) is 2. The molecule has 2 N–H and O–H groups in total. The number of hydrogen-bond acceptors (Lipinski definition) is 4. The molecule has 6 heteroatoms. The quantitative estimate of drug-likeness (QED) is 0.750. The molecule has 0 aromatic carbocycles. The van der Waals surface area contributed by atoms with E-state index in [9.17, 15) is 4.79 Å². The van der Waals surface area contributed by atoms with E-state index in [0.717, 1.165) is 12.8 Å². The highest BCUT2D eigenvalue weighted by atomic mass is 16.5. The molecule has 0 bridgehead atoms. The van der Waals surface area contributed by atoms with Crippen LogP contribution < -0.4 is 5.32 Å². The molecule has 2 heterocycles. The van der Waals surface area contributed by atoms with Crippen molar-refractivity contribution in [1.82, 2.24) is 15.2 Å². The van der Waals surface area contributed by atoms with Gasteiger partial charge in [0.2, 0.25) is 5.95 Å². The van der Waals surface area contributed by atoms with Crippen molar-refractivity contribution in [2.45, 2.75) is 32.3 Å². The molecule has 2 rings (SSSR count). The van der Waals surface area contributed by atoms with Crippen molar-refractivity contribution < 1.29 is 9.53 Å². The summed E-state index contributed by atoms with van der Waals surface area (Å²) in [6.45, 7) is 4.20. The largest absolute Gasteiger partial charge is 0.365 e. The predicted molar refractivity (Wildman–Crippen MR) is 53.3 cm³/mol. The molecular formula is C9H14N4O2. The fourth-order valence-corrected chi connectivity index (χ4v) is 1.59. The van der Waals surface area contributed by atoms with E-state index in [1.165, 1.54) is 0 Å². The van der Waals surface area contributed by atoms with Crippen LogP contribution in [0.3, 0.4) is 0 Å². The number of H-pyrrole nitrogens is 1. The van der Waals surface area contributed by atoms with Gasteiger partial charge in [0.15, 0.2) is 0 Å². The van der Waals surface area contributed by atoms with Gasteiger partial charge in [-0.05, 0) is 26.7 Å². The lowest BCUT2D eigenvalue weighted by atomic mass is 10.0. The van der Waals surface area contributed by atoms with Crippen LogP contribution in [0.25, 0.3) is 0 Å². The van der Waals surface area contributed by atoms with Crippen LogP contribution in [-0.2, 0) is 9.53 Å². The van der Waals surface area contributed by atoms with Crippen LogP contribution in [-0.4, -0.2) is 33.3 Å². The molecule has 1 saturated heterocycles. The van der Waals surface area contributed by atoms with Gasteiger partial charge in [0.25, 0.3) is 5.91 Å². The molecule has 82 valence electrons. The van der Waals surface area contributed by atoms with E-state index in [-0.39, 0.29) is 5.91 Å². The van der Waals surface area contributed by atoms with Crippen molar-refractivity contribution >= 4 is 11.9 Å². The lowest BCUT2D eigenvalue weighted by Gasteiger charge is -2.20. The normalized spacial score (nSPS) is 25.5. The summed E-state index contributed by atoms with van der Waals surface area (Å²) >= 11 is 0.